The van der Waals surface area contributed by atoms with Crippen LogP contribution in [0.1, 0.15) is 38.3 Å². The molecule has 0 bridgehead atoms. The molecule has 0 saturated carbocycles. The highest BCUT2D eigenvalue weighted by Crippen LogP contribution is 2.30. The van der Waals surface area contributed by atoms with E-state index in [4.69, 9.17) is 5.73 Å². The molecule has 2 nitrogen and oxygen atoms in total. The molecule has 20 heavy (non-hydrogen) atoms. The van der Waals surface area contributed by atoms with E-state index < -0.39 is 0 Å². The maximum Gasteiger partial charge on any atom is 0.0180 e. The summed E-state index contributed by atoms with van der Waals surface area (Å²) in [6, 6.07) is 8.54. The lowest BCUT2D eigenvalue weighted by atomic mass is 9.83. The van der Waals surface area contributed by atoms with Gasteiger partial charge in [0.25, 0.3) is 0 Å². The number of nitrogens with two attached hydrogens (primary N) is 1. The van der Waals surface area contributed by atoms with Crippen molar-refractivity contribution in [3.8, 4) is 0 Å². The molecule has 0 amide bonds. The minimum absolute atomic E-state index is 0.332. The fourth-order valence-electron chi connectivity index (χ4n) is 2.87. The first-order chi connectivity index (χ1) is 9.50. The van der Waals surface area contributed by atoms with Gasteiger partial charge in [-0.15, -0.1) is 0 Å². The van der Waals surface area contributed by atoms with Crippen LogP contribution in [0.5, 0.6) is 0 Å². The average Bonchev–Trinajstić information content (AvgIpc) is 2.45. The monoisotopic (exact) mass is 272 g/mol. The van der Waals surface area contributed by atoms with Gasteiger partial charge in [-0.2, -0.15) is 0 Å². The Bertz CT molecular complexity index is 469. The van der Waals surface area contributed by atoms with Crippen LogP contribution in [0.2, 0.25) is 0 Å². The van der Waals surface area contributed by atoms with E-state index in [2.05, 4.69) is 56.0 Å². The van der Waals surface area contributed by atoms with Crippen LogP contribution in [0.25, 0.3) is 0 Å². The summed E-state index contributed by atoms with van der Waals surface area (Å²) in [5.74, 6) is 0. The molecule has 0 aromatic heterocycles. The van der Waals surface area contributed by atoms with E-state index in [1.54, 1.807) is 5.57 Å². The van der Waals surface area contributed by atoms with Crippen LogP contribution in [0.15, 0.2) is 35.9 Å². The molecule has 1 aromatic carbocycles. The summed E-state index contributed by atoms with van der Waals surface area (Å²) >= 11 is 0. The highest BCUT2D eigenvalue weighted by Gasteiger charge is 2.21. The lowest BCUT2D eigenvalue weighted by Crippen LogP contribution is -2.33. The molecule has 0 saturated heterocycles. The summed E-state index contributed by atoms with van der Waals surface area (Å²) in [7, 11) is 0. The molecular weight excluding hydrogens is 244 g/mol. The lowest BCUT2D eigenvalue weighted by Gasteiger charge is -2.32. The molecule has 0 spiro atoms. The predicted octanol–water partition coefficient (Wildman–Crippen LogP) is 3.37. The van der Waals surface area contributed by atoms with Gasteiger partial charge in [-0.3, -0.25) is 4.90 Å². The third kappa shape index (κ3) is 3.94. The molecule has 0 aliphatic carbocycles. The number of rotatable bonds is 4. The van der Waals surface area contributed by atoms with Crippen molar-refractivity contribution in [2.45, 2.75) is 40.2 Å². The Balaban J connectivity index is 1.89. The van der Waals surface area contributed by atoms with Crippen molar-refractivity contribution < 1.29 is 0 Å². The van der Waals surface area contributed by atoms with Gasteiger partial charge in [0.15, 0.2) is 0 Å². The van der Waals surface area contributed by atoms with Crippen molar-refractivity contribution in [2.24, 2.45) is 11.1 Å². The fourth-order valence-corrected chi connectivity index (χ4v) is 2.87. The second-order valence-electron chi connectivity index (χ2n) is 6.75. The van der Waals surface area contributed by atoms with Gasteiger partial charge in [0, 0.05) is 26.2 Å². The smallest absolute Gasteiger partial charge is 0.0180 e. The number of hydrogen-bond donors (Lipinski definition) is 1. The summed E-state index contributed by atoms with van der Waals surface area (Å²) in [5, 5.41) is 0. The first kappa shape index (κ1) is 15.3. The molecule has 1 heterocycles. The third-order valence-electron chi connectivity index (χ3n) is 4.29. The Morgan fingerprint density at radius 1 is 1.15 bits per heavy atom. The molecule has 1 aliphatic heterocycles. The Morgan fingerprint density at radius 2 is 1.85 bits per heavy atom. The van der Waals surface area contributed by atoms with Crippen molar-refractivity contribution >= 4 is 0 Å². The Kier molecular flexibility index (Phi) is 5.00. The van der Waals surface area contributed by atoms with Crippen molar-refractivity contribution in [2.75, 3.05) is 19.6 Å². The highest BCUT2D eigenvalue weighted by molar-refractivity contribution is 5.27. The molecular formula is C18H28N2. The van der Waals surface area contributed by atoms with Gasteiger partial charge in [-0.25, -0.2) is 0 Å². The molecule has 110 valence electrons. The second-order valence-corrected chi connectivity index (χ2v) is 6.75. The van der Waals surface area contributed by atoms with Crippen LogP contribution >= 0.6 is 0 Å². The largest absolute Gasteiger partial charge is 0.326 e. The topological polar surface area (TPSA) is 29.3 Å². The van der Waals surface area contributed by atoms with Crippen LogP contribution < -0.4 is 5.73 Å². The van der Waals surface area contributed by atoms with Crippen molar-refractivity contribution in [1.82, 2.24) is 4.90 Å². The zero-order valence-electron chi connectivity index (χ0n) is 13.2. The van der Waals surface area contributed by atoms with Gasteiger partial charge in [-0.1, -0.05) is 56.7 Å². The van der Waals surface area contributed by atoms with E-state index in [-0.39, 0.29) is 0 Å². The van der Waals surface area contributed by atoms with E-state index in [0.29, 0.717) is 12.0 Å². The van der Waals surface area contributed by atoms with Crippen LogP contribution in [0, 0.1) is 5.41 Å². The van der Waals surface area contributed by atoms with Crippen LogP contribution in [0.3, 0.4) is 0 Å². The van der Waals surface area contributed by atoms with E-state index >= 15 is 0 Å². The maximum absolute atomic E-state index is 5.80. The maximum atomic E-state index is 5.80. The molecule has 0 radical (unpaired) electrons. The molecule has 2 rings (SSSR count). The average molecular weight is 272 g/mol. The van der Waals surface area contributed by atoms with E-state index in [9.17, 15) is 0 Å². The van der Waals surface area contributed by atoms with Gasteiger partial charge >= 0.3 is 0 Å². The third-order valence-corrected chi connectivity index (χ3v) is 4.29. The first-order valence-electron chi connectivity index (χ1n) is 7.69. The normalized spacial score (nSPS) is 17.1. The van der Waals surface area contributed by atoms with Crippen molar-refractivity contribution in [3.05, 3.63) is 47.0 Å². The number of hydrogen-bond acceptors (Lipinski definition) is 2. The SMILES string of the molecule is CC(C)(C)C1=CCN(CCc2ccccc2CN)CC1. The standard InChI is InChI=1S/C18H28N2/c1-18(2,3)17-9-12-20(13-10-17)11-8-15-6-4-5-7-16(15)14-19/h4-7,9H,8,10-14,19H2,1-3H3. The molecule has 2 heteroatoms. The molecule has 0 fully saturated rings. The number of benzene rings is 1. The van der Waals surface area contributed by atoms with Crippen LogP contribution in [0.4, 0.5) is 0 Å². The fraction of sp³-hybridized carbons (Fsp3) is 0.556. The molecule has 2 N–H and O–H groups in total. The molecule has 1 aromatic rings. The summed E-state index contributed by atoms with van der Waals surface area (Å²) in [5.41, 5.74) is 10.4. The summed E-state index contributed by atoms with van der Waals surface area (Å²) in [4.78, 5) is 2.54. The zero-order valence-corrected chi connectivity index (χ0v) is 13.2. The predicted molar refractivity (Wildman–Crippen MR) is 86.6 cm³/mol. The minimum atomic E-state index is 0.332. The first-order valence-corrected chi connectivity index (χ1v) is 7.69. The summed E-state index contributed by atoms with van der Waals surface area (Å²) in [6.07, 6.45) is 4.74. The summed E-state index contributed by atoms with van der Waals surface area (Å²) in [6.45, 7) is 11.0. The summed E-state index contributed by atoms with van der Waals surface area (Å²) < 4.78 is 0. The number of nitrogens with zero attached hydrogens (tertiary/aromatic N) is 1. The Morgan fingerprint density at radius 3 is 2.40 bits per heavy atom. The van der Waals surface area contributed by atoms with E-state index in [1.165, 1.54) is 24.1 Å². The highest BCUT2D eigenvalue weighted by atomic mass is 15.1. The van der Waals surface area contributed by atoms with E-state index in [0.717, 1.165) is 19.5 Å². The van der Waals surface area contributed by atoms with Gasteiger partial charge in [0.1, 0.15) is 0 Å². The Labute approximate surface area is 123 Å². The van der Waals surface area contributed by atoms with Gasteiger partial charge in [0.05, 0.1) is 0 Å². The van der Waals surface area contributed by atoms with Gasteiger partial charge < -0.3 is 5.73 Å². The van der Waals surface area contributed by atoms with E-state index in [1.807, 2.05) is 0 Å². The van der Waals surface area contributed by atoms with Gasteiger partial charge in [-0.05, 0) is 29.4 Å². The van der Waals surface area contributed by atoms with Gasteiger partial charge in [0.2, 0.25) is 0 Å². The lowest BCUT2D eigenvalue weighted by molar-refractivity contribution is 0.282. The molecule has 1 aliphatic rings. The van der Waals surface area contributed by atoms with Crippen molar-refractivity contribution in [1.29, 1.82) is 0 Å². The van der Waals surface area contributed by atoms with Crippen molar-refractivity contribution in [3.63, 3.8) is 0 Å². The molecule has 0 atom stereocenters. The molecule has 0 unspecified atom stereocenters. The Hall–Kier alpha value is -1.12. The van der Waals surface area contributed by atoms with Crippen LogP contribution in [-0.4, -0.2) is 24.5 Å². The minimum Gasteiger partial charge on any atom is -0.326 e. The van der Waals surface area contributed by atoms with Crippen LogP contribution in [-0.2, 0) is 13.0 Å². The quantitative estimate of drug-likeness (QED) is 0.852. The zero-order chi connectivity index (χ0) is 14.6. The second kappa shape index (κ2) is 6.55.